The fraction of sp³-hybridized carbons (Fsp3) is 0.364. The van der Waals surface area contributed by atoms with Crippen LogP contribution in [0.3, 0.4) is 0 Å². The highest BCUT2D eigenvalue weighted by Crippen LogP contribution is 2.41. The molecule has 30 heavy (non-hydrogen) atoms. The second-order valence-electron chi connectivity index (χ2n) is 7.75. The van der Waals surface area contributed by atoms with E-state index in [1.54, 1.807) is 12.3 Å². The third kappa shape index (κ3) is 3.86. The van der Waals surface area contributed by atoms with Gasteiger partial charge in [0, 0.05) is 37.1 Å². The smallest absolute Gasteiger partial charge is 0.373 e. The summed E-state index contributed by atoms with van der Waals surface area (Å²) in [5.74, 6) is 0.713. The second-order valence-corrected chi connectivity index (χ2v) is 7.75. The van der Waals surface area contributed by atoms with Gasteiger partial charge in [-0.1, -0.05) is 19.2 Å². The summed E-state index contributed by atoms with van der Waals surface area (Å²) in [6.45, 7) is 10.9. The van der Waals surface area contributed by atoms with E-state index in [2.05, 4.69) is 33.3 Å². The van der Waals surface area contributed by atoms with Crippen molar-refractivity contribution in [2.75, 3.05) is 22.9 Å². The van der Waals surface area contributed by atoms with Crippen molar-refractivity contribution in [3.05, 3.63) is 66.8 Å². The molecule has 0 aromatic carbocycles. The van der Waals surface area contributed by atoms with Crippen molar-refractivity contribution in [1.29, 1.82) is 0 Å². The Morgan fingerprint density at radius 2 is 2.07 bits per heavy atom. The van der Waals surface area contributed by atoms with Gasteiger partial charge in [0.1, 0.15) is 6.04 Å². The molecule has 1 N–H and O–H groups in total. The van der Waals surface area contributed by atoms with Crippen molar-refractivity contribution in [3.8, 4) is 0 Å². The third-order valence-corrected chi connectivity index (χ3v) is 5.59. The maximum Gasteiger partial charge on any atom is 0.408 e. The Bertz CT molecular complexity index is 957. The first kappa shape index (κ1) is 20.3. The number of anilines is 2. The van der Waals surface area contributed by atoms with E-state index < -0.39 is 12.2 Å². The van der Waals surface area contributed by atoms with Crippen molar-refractivity contribution < 1.29 is 13.2 Å². The number of pyridine rings is 2. The van der Waals surface area contributed by atoms with E-state index >= 15 is 0 Å². The number of nitrogens with zero attached hydrogens (tertiary/aromatic N) is 4. The molecule has 0 spiro atoms. The lowest BCUT2D eigenvalue weighted by molar-refractivity contribution is -0.148. The van der Waals surface area contributed by atoms with Gasteiger partial charge >= 0.3 is 6.18 Å². The van der Waals surface area contributed by atoms with E-state index in [1.165, 1.54) is 0 Å². The molecule has 2 atom stereocenters. The molecule has 0 radical (unpaired) electrons. The third-order valence-electron chi connectivity index (χ3n) is 5.59. The fourth-order valence-corrected chi connectivity index (χ4v) is 4.00. The summed E-state index contributed by atoms with van der Waals surface area (Å²) in [7, 11) is 0. The minimum Gasteiger partial charge on any atom is -0.373 e. The summed E-state index contributed by atoms with van der Waals surface area (Å²) >= 11 is 0. The van der Waals surface area contributed by atoms with Crippen LogP contribution in [0, 0.1) is 0 Å². The highest BCUT2D eigenvalue weighted by Gasteiger charge is 2.39. The molecule has 0 amide bonds. The normalized spacial score (nSPS) is 18.7. The van der Waals surface area contributed by atoms with Crippen LogP contribution in [-0.2, 0) is 6.42 Å². The Morgan fingerprint density at radius 1 is 1.27 bits per heavy atom. The molecule has 5 nitrogen and oxygen atoms in total. The quantitative estimate of drug-likeness (QED) is 0.768. The molecular formula is C22H24F3N5. The molecule has 4 rings (SSSR count). The van der Waals surface area contributed by atoms with Crippen molar-refractivity contribution in [2.24, 2.45) is 0 Å². The Kier molecular flexibility index (Phi) is 5.17. The van der Waals surface area contributed by atoms with Crippen LogP contribution in [0.1, 0.15) is 24.7 Å². The van der Waals surface area contributed by atoms with E-state index in [0.29, 0.717) is 17.9 Å². The van der Waals surface area contributed by atoms with E-state index in [4.69, 9.17) is 4.98 Å². The van der Waals surface area contributed by atoms with Crippen LogP contribution in [0.25, 0.3) is 5.70 Å². The highest BCUT2D eigenvalue weighted by atomic mass is 19.4. The number of allylic oxidation sites excluding steroid dienone is 1. The summed E-state index contributed by atoms with van der Waals surface area (Å²) in [5.41, 5.74) is 3.28. The van der Waals surface area contributed by atoms with Crippen LogP contribution in [0.2, 0.25) is 0 Å². The molecule has 8 heteroatoms. The first-order chi connectivity index (χ1) is 14.2. The van der Waals surface area contributed by atoms with E-state index in [1.807, 2.05) is 24.3 Å². The molecule has 2 aromatic rings. The van der Waals surface area contributed by atoms with E-state index in [-0.39, 0.29) is 11.7 Å². The molecule has 2 bridgehead atoms. The van der Waals surface area contributed by atoms with Crippen molar-refractivity contribution in [1.82, 2.24) is 15.3 Å². The van der Waals surface area contributed by atoms with Gasteiger partial charge in [0.25, 0.3) is 0 Å². The highest BCUT2D eigenvalue weighted by molar-refractivity contribution is 5.76. The molecule has 4 heterocycles. The van der Waals surface area contributed by atoms with Crippen molar-refractivity contribution in [2.45, 2.75) is 38.0 Å². The predicted octanol–water partition coefficient (Wildman–Crippen LogP) is 4.14. The average molecular weight is 415 g/mol. The standard InChI is InChI=1S/C22H24F3N5/c1-14(12-17-6-4-5-10-26-17)30-18-9-11-29(13-18)20-8-7-19(28-21(20)30)15(2)27-16(3)22(23,24)25/h4-8,10,16,18,27H,1-2,9,11-13H2,3H3/t16?,18-/m0/s1. The van der Waals surface area contributed by atoms with Crippen LogP contribution < -0.4 is 15.1 Å². The lowest BCUT2D eigenvalue weighted by Crippen LogP contribution is -2.43. The van der Waals surface area contributed by atoms with Gasteiger partial charge in [-0.2, -0.15) is 13.2 Å². The molecule has 2 aliphatic heterocycles. The van der Waals surface area contributed by atoms with Gasteiger partial charge in [-0.05, 0) is 37.6 Å². The molecule has 2 aliphatic rings. The topological polar surface area (TPSA) is 44.3 Å². The second kappa shape index (κ2) is 7.66. The first-order valence-electron chi connectivity index (χ1n) is 9.89. The first-order valence-corrected chi connectivity index (χ1v) is 9.89. The molecule has 1 saturated heterocycles. The minimum atomic E-state index is -4.36. The maximum atomic E-state index is 12.9. The van der Waals surface area contributed by atoms with Gasteiger partial charge in [-0.25, -0.2) is 4.98 Å². The molecule has 158 valence electrons. The molecule has 0 saturated carbocycles. The van der Waals surface area contributed by atoms with Gasteiger partial charge in [0.2, 0.25) is 0 Å². The van der Waals surface area contributed by atoms with Crippen LogP contribution in [-0.4, -0.2) is 41.3 Å². The number of hydrogen-bond donors (Lipinski definition) is 1. The number of fused-ring (bicyclic) bond motifs is 4. The van der Waals surface area contributed by atoms with Crippen molar-refractivity contribution in [3.63, 3.8) is 0 Å². The predicted molar refractivity (Wildman–Crippen MR) is 112 cm³/mol. The Hall–Kier alpha value is -3.03. The van der Waals surface area contributed by atoms with Crippen LogP contribution >= 0.6 is 0 Å². The van der Waals surface area contributed by atoms with Crippen LogP contribution in [0.5, 0.6) is 0 Å². The minimum absolute atomic E-state index is 0.144. The van der Waals surface area contributed by atoms with Gasteiger partial charge in [0.05, 0.1) is 23.1 Å². The number of hydrogen-bond acceptors (Lipinski definition) is 5. The number of nitrogens with one attached hydrogen (secondary N) is 1. The number of rotatable bonds is 6. The average Bonchev–Trinajstić information content (AvgIpc) is 3.12. The van der Waals surface area contributed by atoms with Gasteiger partial charge < -0.3 is 15.1 Å². The molecule has 1 fully saturated rings. The van der Waals surface area contributed by atoms with Crippen LogP contribution in [0.15, 0.2) is 55.4 Å². The van der Waals surface area contributed by atoms with Gasteiger partial charge in [-0.3, -0.25) is 4.98 Å². The SMILES string of the molecule is C=C(NC(C)C(F)(F)F)c1ccc2c(n1)N(C(=C)Cc1ccccn1)[C@H]1CCN2C1. The zero-order chi connectivity index (χ0) is 21.5. The Balaban J connectivity index is 1.63. The van der Waals surface area contributed by atoms with Crippen molar-refractivity contribution >= 4 is 17.2 Å². The number of alkyl halides is 3. The van der Waals surface area contributed by atoms with E-state index in [9.17, 15) is 13.2 Å². The van der Waals surface area contributed by atoms with Crippen LogP contribution in [0.4, 0.5) is 24.7 Å². The summed E-state index contributed by atoms with van der Waals surface area (Å²) < 4.78 is 38.8. The van der Waals surface area contributed by atoms with Gasteiger partial charge in [-0.15, -0.1) is 0 Å². The Labute approximate surface area is 173 Å². The number of halogens is 3. The summed E-state index contributed by atoms with van der Waals surface area (Å²) in [6, 6.07) is 7.90. The molecule has 2 aromatic heterocycles. The largest absolute Gasteiger partial charge is 0.408 e. The van der Waals surface area contributed by atoms with Gasteiger partial charge in [0.15, 0.2) is 5.82 Å². The summed E-state index contributed by atoms with van der Waals surface area (Å²) in [6.07, 6.45) is -1.06. The molecular weight excluding hydrogens is 391 g/mol. The fourth-order valence-electron chi connectivity index (χ4n) is 4.00. The Morgan fingerprint density at radius 3 is 2.77 bits per heavy atom. The zero-order valence-electron chi connectivity index (χ0n) is 16.8. The lowest BCUT2D eigenvalue weighted by Gasteiger charge is -2.38. The summed E-state index contributed by atoms with van der Waals surface area (Å²) in [5, 5.41) is 2.42. The maximum absolute atomic E-state index is 12.9. The monoisotopic (exact) mass is 415 g/mol. The molecule has 0 aliphatic carbocycles. The van der Waals surface area contributed by atoms with E-state index in [0.717, 1.165) is 43.5 Å². The molecule has 1 unspecified atom stereocenters. The zero-order valence-corrected chi connectivity index (χ0v) is 16.8. The number of aromatic nitrogens is 2. The lowest BCUT2D eigenvalue weighted by atomic mass is 10.1. The summed E-state index contributed by atoms with van der Waals surface area (Å²) in [4.78, 5) is 13.5.